The van der Waals surface area contributed by atoms with Crippen molar-refractivity contribution in [3.8, 4) is 0 Å². The number of furan rings is 1. The van der Waals surface area contributed by atoms with E-state index < -0.39 is 5.97 Å². The number of aromatic carboxylic acids is 1. The molecule has 1 aliphatic heterocycles. The number of carboxylic acid groups (broad SMARTS) is 1. The lowest BCUT2D eigenvalue weighted by molar-refractivity contribution is -0.0806. The first-order valence-corrected chi connectivity index (χ1v) is 5.88. The third kappa shape index (κ3) is 2.72. The quantitative estimate of drug-likeness (QED) is 0.818. The average Bonchev–Trinajstić information content (AvgIpc) is 2.80. The van der Waals surface area contributed by atoms with Crippen LogP contribution in [0.15, 0.2) is 16.7 Å². The topological polar surface area (TPSA) is 83.1 Å². The maximum atomic E-state index is 10.9. The van der Waals surface area contributed by atoms with Crippen LogP contribution < -0.4 is 0 Å². The Hall–Kier alpha value is -1.37. The Morgan fingerprint density at radius 2 is 2.39 bits per heavy atom. The molecule has 0 aromatic carbocycles. The van der Waals surface area contributed by atoms with E-state index in [1.165, 1.54) is 6.26 Å². The molecule has 0 amide bonds. The van der Waals surface area contributed by atoms with E-state index in [4.69, 9.17) is 19.4 Å². The van der Waals surface area contributed by atoms with E-state index in [2.05, 4.69) is 4.90 Å². The molecular weight excluding hydrogens is 238 g/mol. The fourth-order valence-corrected chi connectivity index (χ4v) is 2.07. The Morgan fingerprint density at radius 3 is 3.06 bits per heavy atom. The number of hydrogen-bond donors (Lipinski definition) is 2. The molecule has 1 aromatic rings. The van der Waals surface area contributed by atoms with Gasteiger partial charge in [0, 0.05) is 24.7 Å². The number of aliphatic hydroxyl groups excluding tert-OH is 1. The van der Waals surface area contributed by atoms with Crippen LogP contribution in [0, 0.1) is 0 Å². The molecule has 2 N–H and O–H groups in total. The highest BCUT2D eigenvalue weighted by atomic mass is 16.5. The van der Waals surface area contributed by atoms with E-state index in [1.807, 2.05) is 6.92 Å². The number of carboxylic acids is 1. The molecule has 0 radical (unpaired) electrons. The molecule has 18 heavy (non-hydrogen) atoms. The van der Waals surface area contributed by atoms with Gasteiger partial charge in [-0.3, -0.25) is 4.90 Å². The summed E-state index contributed by atoms with van der Waals surface area (Å²) in [4.78, 5) is 13.0. The lowest BCUT2D eigenvalue weighted by Crippen LogP contribution is -2.48. The van der Waals surface area contributed by atoms with Crippen LogP contribution >= 0.6 is 0 Å². The maximum Gasteiger partial charge on any atom is 0.372 e. The number of hydrogen-bond acceptors (Lipinski definition) is 5. The van der Waals surface area contributed by atoms with Crippen molar-refractivity contribution >= 4 is 5.97 Å². The fraction of sp³-hybridized carbons (Fsp3) is 0.583. The summed E-state index contributed by atoms with van der Waals surface area (Å²) in [7, 11) is 0. The molecule has 1 aliphatic rings. The van der Waals surface area contributed by atoms with E-state index in [9.17, 15) is 4.79 Å². The zero-order valence-electron chi connectivity index (χ0n) is 10.2. The second kappa shape index (κ2) is 5.51. The Bertz CT molecular complexity index is 416. The largest absolute Gasteiger partial charge is 0.475 e. The Balaban J connectivity index is 2.07. The van der Waals surface area contributed by atoms with Gasteiger partial charge in [0.2, 0.25) is 5.76 Å². The highest BCUT2D eigenvalue weighted by Gasteiger charge is 2.27. The van der Waals surface area contributed by atoms with Crippen molar-refractivity contribution in [3.05, 3.63) is 23.7 Å². The number of rotatable bonds is 4. The summed E-state index contributed by atoms with van der Waals surface area (Å²) < 4.78 is 10.4. The number of morpholine rings is 1. The highest BCUT2D eigenvalue weighted by molar-refractivity contribution is 5.86. The first-order chi connectivity index (χ1) is 8.61. The van der Waals surface area contributed by atoms with Gasteiger partial charge >= 0.3 is 5.97 Å². The summed E-state index contributed by atoms with van der Waals surface area (Å²) in [6, 6.07) is 1.85. The Kier molecular flexibility index (Phi) is 4.00. The second-order valence-corrected chi connectivity index (χ2v) is 4.50. The van der Waals surface area contributed by atoms with Crippen LogP contribution in [0.5, 0.6) is 0 Å². The van der Waals surface area contributed by atoms with Crippen LogP contribution in [-0.2, 0) is 11.3 Å². The smallest absolute Gasteiger partial charge is 0.372 e. The molecule has 2 heterocycles. The number of ether oxygens (including phenoxy) is 1. The lowest BCUT2D eigenvalue weighted by Gasteiger charge is -2.37. The fourth-order valence-electron chi connectivity index (χ4n) is 2.07. The van der Waals surface area contributed by atoms with Crippen LogP contribution in [0.2, 0.25) is 0 Å². The van der Waals surface area contributed by atoms with Gasteiger partial charge in [-0.2, -0.15) is 0 Å². The zero-order valence-corrected chi connectivity index (χ0v) is 10.2. The molecule has 0 spiro atoms. The van der Waals surface area contributed by atoms with E-state index >= 15 is 0 Å². The van der Waals surface area contributed by atoms with Crippen molar-refractivity contribution in [1.82, 2.24) is 4.90 Å². The molecule has 6 nitrogen and oxygen atoms in total. The minimum Gasteiger partial charge on any atom is -0.475 e. The summed E-state index contributed by atoms with van der Waals surface area (Å²) >= 11 is 0. The average molecular weight is 255 g/mol. The minimum atomic E-state index is -1.06. The van der Waals surface area contributed by atoms with E-state index in [0.717, 1.165) is 0 Å². The van der Waals surface area contributed by atoms with E-state index in [0.29, 0.717) is 25.3 Å². The molecule has 0 saturated carbocycles. The molecule has 2 atom stereocenters. The van der Waals surface area contributed by atoms with Crippen LogP contribution in [0.4, 0.5) is 0 Å². The normalized spacial score (nSPS) is 25.2. The molecule has 6 heteroatoms. The van der Waals surface area contributed by atoms with Crippen molar-refractivity contribution in [2.75, 3.05) is 19.8 Å². The van der Waals surface area contributed by atoms with Gasteiger partial charge in [-0.15, -0.1) is 0 Å². The van der Waals surface area contributed by atoms with Gasteiger partial charge in [0.15, 0.2) is 0 Å². The van der Waals surface area contributed by atoms with Gasteiger partial charge in [0.05, 0.1) is 25.6 Å². The van der Waals surface area contributed by atoms with E-state index in [-0.39, 0.29) is 24.5 Å². The molecule has 0 bridgehead atoms. The van der Waals surface area contributed by atoms with Crippen molar-refractivity contribution in [2.45, 2.75) is 25.6 Å². The molecule has 1 saturated heterocycles. The highest BCUT2D eigenvalue weighted by Crippen LogP contribution is 2.18. The number of aliphatic hydroxyl groups is 1. The van der Waals surface area contributed by atoms with Gasteiger partial charge in [-0.1, -0.05) is 0 Å². The van der Waals surface area contributed by atoms with Gasteiger partial charge < -0.3 is 19.4 Å². The van der Waals surface area contributed by atoms with Crippen molar-refractivity contribution in [1.29, 1.82) is 0 Å². The first-order valence-electron chi connectivity index (χ1n) is 5.88. The molecule has 100 valence electrons. The zero-order chi connectivity index (χ0) is 13.1. The summed E-state index contributed by atoms with van der Waals surface area (Å²) in [5.74, 6) is -1.08. The van der Waals surface area contributed by atoms with Crippen LogP contribution in [0.1, 0.15) is 23.0 Å². The summed E-state index contributed by atoms with van der Waals surface area (Å²) in [6.45, 7) is 3.58. The summed E-state index contributed by atoms with van der Waals surface area (Å²) in [5, 5.41) is 18.1. The minimum absolute atomic E-state index is 0.0192. The van der Waals surface area contributed by atoms with Crippen LogP contribution in [0.3, 0.4) is 0 Å². The molecule has 2 unspecified atom stereocenters. The summed E-state index contributed by atoms with van der Waals surface area (Å²) in [5.41, 5.74) is 0.646. The predicted molar refractivity (Wildman–Crippen MR) is 62.4 cm³/mol. The third-order valence-electron chi connectivity index (χ3n) is 3.15. The lowest BCUT2D eigenvalue weighted by atomic mass is 10.1. The molecular formula is C12H17NO5. The van der Waals surface area contributed by atoms with Crippen LogP contribution in [-0.4, -0.2) is 53.0 Å². The van der Waals surface area contributed by atoms with Gasteiger partial charge in [-0.25, -0.2) is 4.79 Å². The van der Waals surface area contributed by atoms with Crippen LogP contribution in [0.25, 0.3) is 0 Å². The van der Waals surface area contributed by atoms with Gasteiger partial charge in [0.25, 0.3) is 0 Å². The van der Waals surface area contributed by atoms with Crippen molar-refractivity contribution in [2.24, 2.45) is 0 Å². The van der Waals surface area contributed by atoms with Gasteiger partial charge in [0.1, 0.15) is 0 Å². The van der Waals surface area contributed by atoms with Gasteiger partial charge in [-0.05, 0) is 13.0 Å². The van der Waals surface area contributed by atoms with E-state index in [1.54, 1.807) is 6.07 Å². The number of nitrogens with zero attached hydrogens (tertiary/aromatic N) is 1. The summed E-state index contributed by atoms with van der Waals surface area (Å²) in [6.07, 6.45) is 1.18. The monoisotopic (exact) mass is 255 g/mol. The number of carbonyl (C=O) groups is 1. The van der Waals surface area contributed by atoms with Crippen molar-refractivity contribution < 1.29 is 24.2 Å². The molecule has 1 fully saturated rings. The standard InChI is InChI=1S/C12H17NO5/c1-8-7-18-10(6-14)5-13(8)4-9-2-3-17-11(9)12(15)16/h2-3,8,10,14H,4-7H2,1H3,(H,15,16). The second-order valence-electron chi connectivity index (χ2n) is 4.50. The Morgan fingerprint density at radius 1 is 1.61 bits per heavy atom. The van der Waals surface area contributed by atoms with Crippen molar-refractivity contribution in [3.63, 3.8) is 0 Å². The SMILES string of the molecule is CC1COC(CO)CN1Cc1ccoc1C(=O)O. The molecule has 0 aliphatic carbocycles. The Labute approximate surface area is 105 Å². The molecule has 1 aromatic heterocycles. The first kappa shape index (κ1) is 13.1. The maximum absolute atomic E-state index is 10.9. The predicted octanol–water partition coefficient (Wildman–Crippen LogP) is 0.559. The molecule has 2 rings (SSSR count). The third-order valence-corrected chi connectivity index (χ3v) is 3.15.